The van der Waals surface area contributed by atoms with Gasteiger partial charge in [0.15, 0.2) is 0 Å². The van der Waals surface area contributed by atoms with E-state index < -0.39 is 10.9 Å². The summed E-state index contributed by atoms with van der Waals surface area (Å²) in [5.41, 5.74) is 2.55. The van der Waals surface area contributed by atoms with Crippen LogP contribution in [0.1, 0.15) is 11.3 Å². The zero-order valence-electron chi connectivity index (χ0n) is 13.1. The Morgan fingerprint density at radius 1 is 1.12 bits per heavy atom. The second-order valence-corrected chi connectivity index (χ2v) is 5.40. The Morgan fingerprint density at radius 2 is 1.80 bits per heavy atom. The lowest BCUT2D eigenvalue weighted by Gasteiger charge is -2.07. The Bertz CT molecular complexity index is 904. The van der Waals surface area contributed by atoms with E-state index in [0.29, 0.717) is 11.4 Å². The second-order valence-electron chi connectivity index (χ2n) is 5.40. The van der Waals surface area contributed by atoms with E-state index in [-0.39, 0.29) is 18.7 Å². The number of aromatic nitrogens is 3. The molecule has 126 valence electrons. The molecule has 0 saturated carbocycles. The van der Waals surface area contributed by atoms with Gasteiger partial charge in [0.05, 0.1) is 23.6 Å². The van der Waals surface area contributed by atoms with Gasteiger partial charge in [-0.3, -0.25) is 14.9 Å². The van der Waals surface area contributed by atoms with E-state index in [1.54, 1.807) is 12.1 Å². The molecule has 0 aliphatic rings. The number of hydrogen-bond donors (Lipinski definition) is 1. The van der Waals surface area contributed by atoms with Crippen molar-refractivity contribution in [2.75, 3.05) is 0 Å². The van der Waals surface area contributed by atoms with Gasteiger partial charge in [0, 0.05) is 17.7 Å². The molecular weight excluding hydrogens is 324 g/mol. The zero-order valence-corrected chi connectivity index (χ0v) is 13.1. The maximum atomic E-state index is 11.2. The molecule has 8 nitrogen and oxygen atoms in total. The molecule has 2 aromatic carbocycles. The lowest BCUT2D eigenvalue weighted by atomic mass is 10.1. The summed E-state index contributed by atoms with van der Waals surface area (Å²) >= 11 is 0. The van der Waals surface area contributed by atoms with E-state index in [9.17, 15) is 20.0 Å². The highest BCUT2D eigenvalue weighted by molar-refractivity contribution is 5.73. The fourth-order valence-electron chi connectivity index (χ4n) is 2.49. The average Bonchev–Trinajstić information content (AvgIpc) is 2.98. The van der Waals surface area contributed by atoms with Crippen molar-refractivity contribution >= 4 is 11.7 Å². The molecule has 0 amide bonds. The van der Waals surface area contributed by atoms with E-state index >= 15 is 0 Å². The molecule has 25 heavy (non-hydrogen) atoms. The molecule has 0 bridgehead atoms. The predicted octanol–water partition coefficient (Wildman–Crippen LogP) is 2.53. The van der Waals surface area contributed by atoms with E-state index in [1.807, 2.05) is 30.3 Å². The highest BCUT2D eigenvalue weighted by Crippen LogP contribution is 2.22. The van der Waals surface area contributed by atoms with E-state index in [2.05, 4.69) is 10.3 Å². The molecule has 1 N–H and O–H groups in total. The number of hydrogen-bond acceptors (Lipinski definition) is 5. The van der Waals surface area contributed by atoms with Crippen LogP contribution in [0.5, 0.6) is 0 Å². The normalized spacial score (nSPS) is 10.6. The summed E-state index contributed by atoms with van der Waals surface area (Å²) in [4.78, 5) is 21.5. The second kappa shape index (κ2) is 6.91. The van der Waals surface area contributed by atoms with Gasteiger partial charge in [-0.25, -0.2) is 4.68 Å². The molecule has 0 unspecified atom stereocenters. The molecule has 0 atom stereocenters. The molecule has 0 radical (unpaired) electrons. The largest absolute Gasteiger partial charge is 0.481 e. The van der Waals surface area contributed by atoms with Gasteiger partial charge in [0.2, 0.25) is 0 Å². The van der Waals surface area contributed by atoms with Crippen LogP contribution in [0.4, 0.5) is 5.69 Å². The summed E-state index contributed by atoms with van der Waals surface area (Å²) in [6.45, 7) is 0.278. The first-order valence-electron chi connectivity index (χ1n) is 7.47. The van der Waals surface area contributed by atoms with Crippen molar-refractivity contribution in [2.24, 2.45) is 0 Å². The molecule has 1 heterocycles. The van der Waals surface area contributed by atoms with Crippen LogP contribution < -0.4 is 0 Å². The Balaban J connectivity index is 1.94. The SMILES string of the molecule is O=C(O)Cc1c(-c2ccccc2)nnn1Cc1ccc([N+](=O)[O-])cc1. The maximum absolute atomic E-state index is 11.2. The first-order valence-corrected chi connectivity index (χ1v) is 7.47. The molecular formula is C17H14N4O4. The molecule has 8 heteroatoms. The van der Waals surface area contributed by atoms with Crippen molar-refractivity contribution in [1.29, 1.82) is 0 Å². The quantitative estimate of drug-likeness (QED) is 0.546. The van der Waals surface area contributed by atoms with E-state index in [0.717, 1.165) is 11.1 Å². The number of nitro benzene ring substituents is 1. The number of carboxylic acid groups (broad SMARTS) is 1. The first-order chi connectivity index (χ1) is 12.0. The number of nitrogens with zero attached hydrogens (tertiary/aromatic N) is 4. The highest BCUT2D eigenvalue weighted by Gasteiger charge is 2.18. The van der Waals surface area contributed by atoms with Crippen LogP contribution in [0.2, 0.25) is 0 Å². The van der Waals surface area contributed by atoms with Crippen molar-refractivity contribution in [2.45, 2.75) is 13.0 Å². The van der Waals surface area contributed by atoms with Gasteiger partial charge in [0.1, 0.15) is 5.69 Å². The molecule has 0 spiro atoms. The van der Waals surface area contributed by atoms with Crippen LogP contribution in [0, 0.1) is 10.1 Å². The van der Waals surface area contributed by atoms with Crippen LogP contribution in [-0.2, 0) is 17.8 Å². The maximum Gasteiger partial charge on any atom is 0.309 e. The Hall–Kier alpha value is -3.55. The van der Waals surface area contributed by atoms with E-state index in [1.165, 1.54) is 16.8 Å². The predicted molar refractivity (Wildman–Crippen MR) is 89.0 cm³/mol. The Kier molecular flexibility index (Phi) is 4.51. The monoisotopic (exact) mass is 338 g/mol. The Labute approximate surface area is 142 Å². The summed E-state index contributed by atoms with van der Waals surface area (Å²) < 4.78 is 1.51. The molecule has 1 aromatic heterocycles. The molecule has 0 fully saturated rings. The van der Waals surface area contributed by atoms with Crippen LogP contribution in [0.15, 0.2) is 54.6 Å². The van der Waals surface area contributed by atoms with Crippen molar-refractivity contribution in [3.05, 3.63) is 76.0 Å². The van der Waals surface area contributed by atoms with Gasteiger partial charge < -0.3 is 5.11 Å². The molecule has 3 aromatic rings. The fourth-order valence-corrected chi connectivity index (χ4v) is 2.49. The number of benzene rings is 2. The summed E-state index contributed by atoms with van der Waals surface area (Å²) in [6, 6.07) is 15.3. The minimum absolute atomic E-state index is 0.00178. The van der Waals surface area contributed by atoms with Crippen molar-refractivity contribution < 1.29 is 14.8 Å². The summed E-state index contributed by atoms with van der Waals surface area (Å²) in [6.07, 6.45) is -0.218. The summed E-state index contributed by atoms with van der Waals surface area (Å²) in [5, 5.41) is 28.1. The lowest BCUT2D eigenvalue weighted by Crippen LogP contribution is -2.11. The highest BCUT2D eigenvalue weighted by atomic mass is 16.6. The Morgan fingerprint density at radius 3 is 2.40 bits per heavy atom. The topological polar surface area (TPSA) is 111 Å². The van der Waals surface area contributed by atoms with Gasteiger partial charge in [0.25, 0.3) is 5.69 Å². The molecule has 0 aliphatic heterocycles. The zero-order chi connectivity index (χ0) is 17.8. The summed E-state index contributed by atoms with van der Waals surface area (Å²) in [7, 11) is 0. The lowest BCUT2D eigenvalue weighted by molar-refractivity contribution is -0.384. The number of rotatable bonds is 6. The number of carbonyl (C=O) groups is 1. The minimum Gasteiger partial charge on any atom is -0.481 e. The smallest absolute Gasteiger partial charge is 0.309 e. The molecule has 0 saturated heterocycles. The summed E-state index contributed by atoms with van der Waals surface area (Å²) in [5.74, 6) is -0.982. The molecule has 0 aliphatic carbocycles. The third-order valence-corrected chi connectivity index (χ3v) is 3.68. The number of aliphatic carboxylic acids is 1. The van der Waals surface area contributed by atoms with Crippen molar-refractivity contribution in [1.82, 2.24) is 15.0 Å². The number of nitro groups is 1. The fraction of sp³-hybridized carbons (Fsp3) is 0.118. The van der Waals surface area contributed by atoms with Crippen LogP contribution in [0.3, 0.4) is 0 Å². The van der Waals surface area contributed by atoms with E-state index in [4.69, 9.17) is 0 Å². The minimum atomic E-state index is -0.982. The average molecular weight is 338 g/mol. The van der Waals surface area contributed by atoms with Gasteiger partial charge in [-0.15, -0.1) is 5.10 Å². The third-order valence-electron chi connectivity index (χ3n) is 3.68. The van der Waals surface area contributed by atoms with Crippen LogP contribution in [0.25, 0.3) is 11.3 Å². The van der Waals surface area contributed by atoms with Crippen molar-refractivity contribution in [3.8, 4) is 11.3 Å². The standard InChI is InChI=1S/C17H14N4O4/c22-16(23)10-15-17(13-4-2-1-3-5-13)18-19-20(15)11-12-6-8-14(9-7-12)21(24)25/h1-9H,10-11H2,(H,22,23). The number of non-ortho nitro benzene ring substituents is 1. The van der Waals surface area contributed by atoms with Crippen LogP contribution >= 0.6 is 0 Å². The van der Waals surface area contributed by atoms with Gasteiger partial charge in [-0.1, -0.05) is 47.7 Å². The third kappa shape index (κ3) is 3.69. The van der Waals surface area contributed by atoms with Crippen molar-refractivity contribution in [3.63, 3.8) is 0 Å². The number of carboxylic acids is 1. The van der Waals surface area contributed by atoms with Gasteiger partial charge in [-0.05, 0) is 5.56 Å². The van der Waals surface area contributed by atoms with Gasteiger partial charge in [-0.2, -0.15) is 0 Å². The molecule has 3 rings (SSSR count). The van der Waals surface area contributed by atoms with Crippen LogP contribution in [-0.4, -0.2) is 31.0 Å². The van der Waals surface area contributed by atoms with Gasteiger partial charge >= 0.3 is 5.97 Å². The first kappa shape index (κ1) is 16.3.